The lowest BCUT2D eigenvalue weighted by Crippen LogP contribution is -2.48. The van der Waals surface area contributed by atoms with E-state index in [1.165, 1.54) is 0 Å². The second-order valence-corrected chi connectivity index (χ2v) is 6.35. The van der Waals surface area contributed by atoms with Crippen LogP contribution in [-0.4, -0.2) is 36.5 Å². The zero-order chi connectivity index (χ0) is 13.6. The van der Waals surface area contributed by atoms with Crippen LogP contribution < -0.4 is 5.32 Å². The lowest BCUT2D eigenvalue weighted by Gasteiger charge is -2.31. The number of nitrogens with zero attached hydrogens (tertiary/aromatic N) is 1. The van der Waals surface area contributed by atoms with Gasteiger partial charge < -0.3 is 5.32 Å². The third kappa shape index (κ3) is 7.37. The number of amides is 1. The highest BCUT2D eigenvalue weighted by Gasteiger charge is 2.23. The fourth-order valence-electron chi connectivity index (χ4n) is 1.95. The fraction of sp³-hybridized carbons (Fsp3) is 0.929. The van der Waals surface area contributed by atoms with Crippen LogP contribution in [0.1, 0.15) is 54.4 Å². The molecule has 0 aliphatic rings. The highest BCUT2D eigenvalue weighted by atomic mass is 16.2. The first kappa shape index (κ1) is 16.4. The molecule has 0 aromatic carbocycles. The highest BCUT2D eigenvalue weighted by Crippen LogP contribution is 2.15. The summed E-state index contributed by atoms with van der Waals surface area (Å²) in [4.78, 5) is 14.1. The van der Waals surface area contributed by atoms with Gasteiger partial charge in [0.2, 0.25) is 5.91 Å². The summed E-state index contributed by atoms with van der Waals surface area (Å²) in [5, 5.41) is 3.07. The summed E-state index contributed by atoms with van der Waals surface area (Å²) in [6, 6.07) is 0.214. The van der Waals surface area contributed by atoms with Crippen LogP contribution in [0.5, 0.6) is 0 Å². The number of nitrogens with one attached hydrogen (secondary N) is 1. The second kappa shape index (κ2) is 7.00. The zero-order valence-corrected chi connectivity index (χ0v) is 12.6. The topological polar surface area (TPSA) is 32.3 Å². The van der Waals surface area contributed by atoms with Gasteiger partial charge in [0.05, 0.1) is 6.04 Å². The normalized spacial score (nSPS) is 15.8. The van der Waals surface area contributed by atoms with Gasteiger partial charge in [-0.25, -0.2) is 0 Å². The number of carbonyl (C=O) groups excluding carboxylic acids is 1. The minimum absolute atomic E-state index is 0.0615. The first-order chi connectivity index (χ1) is 7.67. The van der Waals surface area contributed by atoms with E-state index in [0.717, 1.165) is 19.4 Å². The summed E-state index contributed by atoms with van der Waals surface area (Å²) in [6.45, 7) is 13.7. The van der Waals surface area contributed by atoms with Gasteiger partial charge in [-0.2, -0.15) is 0 Å². The van der Waals surface area contributed by atoms with E-state index in [1.807, 2.05) is 14.0 Å². The Kier molecular flexibility index (Phi) is 6.76. The molecular weight excluding hydrogens is 212 g/mol. The first-order valence-corrected chi connectivity index (χ1v) is 6.68. The molecule has 0 radical (unpaired) electrons. The van der Waals surface area contributed by atoms with Crippen molar-refractivity contribution in [3.05, 3.63) is 0 Å². The van der Waals surface area contributed by atoms with Crippen molar-refractivity contribution in [2.45, 2.75) is 66.5 Å². The predicted octanol–water partition coefficient (Wildman–Crippen LogP) is 2.66. The number of likely N-dealkylation sites (N-methyl/N-ethyl adjacent to an activating group) is 1. The van der Waals surface area contributed by atoms with Crippen LogP contribution >= 0.6 is 0 Å². The molecule has 0 unspecified atom stereocenters. The Bertz CT molecular complexity index is 233. The molecule has 0 heterocycles. The Morgan fingerprint density at radius 3 is 2.24 bits per heavy atom. The lowest BCUT2D eigenvalue weighted by atomic mass is 9.95. The third-order valence-corrected chi connectivity index (χ3v) is 2.87. The Labute approximate surface area is 107 Å². The van der Waals surface area contributed by atoms with Gasteiger partial charge >= 0.3 is 0 Å². The summed E-state index contributed by atoms with van der Waals surface area (Å²) >= 11 is 0. The van der Waals surface area contributed by atoms with Gasteiger partial charge in [0.1, 0.15) is 0 Å². The summed E-state index contributed by atoms with van der Waals surface area (Å²) in [5.74, 6) is 0.137. The molecular formula is C14H30N2O. The minimum atomic E-state index is -0.0615. The smallest absolute Gasteiger partial charge is 0.237 e. The van der Waals surface area contributed by atoms with E-state index >= 15 is 0 Å². The van der Waals surface area contributed by atoms with Crippen molar-refractivity contribution in [1.82, 2.24) is 10.2 Å². The van der Waals surface area contributed by atoms with E-state index in [1.54, 1.807) is 0 Å². The maximum atomic E-state index is 12.0. The maximum Gasteiger partial charge on any atom is 0.237 e. The van der Waals surface area contributed by atoms with Crippen molar-refractivity contribution in [3.63, 3.8) is 0 Å². The molecule has 0 saturated heterocycles. The number of hydrogen-bond acceptors (Lipinski definition) is 2. The van der Waals surface area contributed by atoms with E-state index < -0.39 is 0 Å². The van der Waals surface area contributed by atoms with Gasteiger partial charge in [0, 0.05) is 12.6 Å². The molecule has 1 amide bonds. The van der Waals surface area contributed by atoms with Gasteiger partial charge in [-0.3, -0.25) is 9.69 Å². The molecule has 0 spiro atoms. The predicted molar refractivity (Wildman–Crippen MR) is 74.1 cm³/mol. The van der Waals surface area contributed by atoms with E-state index in [0.29, 0.717) is 0 Å². The van der Waals surface area contributed by atoms with Gasteiger partial charge in [-0.15, -0.1) is 0 Å². The largest absolute Gasteiger partial charge is 0.352 e. The molecule has 0 aromatic rings. The molecule has 0 bridgehead atoms. The van der Waals surface area contributed by atoms with E-state index in [-0.39, 0.29) is 23.4 Å². The van der Waals surface area contributed by atoms with Crippen molar-refractivity contribution in [2.75, 3.05) is 13.6 Å². The van der Waals surface area contributed by atoms with E-state index in [4.69, 9.17) is 0 Å². The van der Waals surface area contributed by atoms with Crippen molar-refractivity contribution < 1.29 is 4.79 Å². The Morgan fingerprint density at radius 2 is 1.82 bits per heavy atom. The van der Waals surface area contributed by atoms with Crippen LogP contribution in [0.25, 0.3) is 0 Å². The zero-order valence-electron chi connectivity index (χ0n) is 12.6. The van der Waals surface area contributed by atoms with Crippen molar-refractivity contribution in [1.29, 1.82) is 0 Å². The average Bonchev–Trinajstić information content (AvgIpc) is 2.13. The van der Waals surface area contributed by atoms with Gasteiger partial charge in [-0.05, 0) is 32.7 Å². The Balaban J connectivity index is 4.20. The van der Waals surface area contributed by atoms with Crippen LogP contribution in [0.15, 0.2) is 0 Å². The van der Waals surface area contributed by atoms with Crippen LogP contribution in [0.3, 0.4) is 0 Å². The molecule has 2 atom stereocenters. The maximum absolute atomic E-state index is 12.0. The Hall–Kier alpha value is -0.570. The second-order valence-electron chi connectivity index (χ2n) is 6.35. The van der Waals surface area contributed by atoms with Gasteiger partial charge in [0.15, 0.2) is 0 Å². The average molecular weight is 242 g/mol. The molecule has 0 fully saturated rings. The van der Waals surface area contributed by atoms with Crippen molar-refractivity contribution in [2.24, 2.45) is 5.41 Å². The molecule has 1 N–H and O–H groups in total. The summed E-state index contributed by atoms with van der Waals surface area (Å²) in [7, 11) is 2.01. The summed E-state index contributed by atoms with van der Waals surface area (Å²) in [6.07, 6.45) is 2.15. The van der Waals surface area contributed by atoms with Crippen molar-refractivity contribution >= 4 is 5.91 Å². The molecule has 0 aliphatic heterocycles. The van der Waals surface area contributed by atoms with Crippen LogP contribution in [0, 0.1) is 5.41 Å². The standard InChI is InChI=1S/C14H30N2O/c1-8-9-11(2)15-13(17)12(3)16(7)10-14(4,5)6/h11-12H,8-10H2,1-7H3,(H,15,17)/t11-,12+/m0/s1. The molecule has 0 rings (SSSR count). The van der Waals surface area contributed by atoms with Crippen LogP contribution in [-0.2, 0) is 4.79 Å². The number of rotatable bonds is 6. The molecule has 0 aromatic heterocycles. The van der Waals surface area contributed by atoms with Crippen molar-refractivity contribution in [3.8, 4) is 0 Å². The lowest BCUT2D eigenvalue weighted by molar-refractivity contribution is -0.126. The number of carbonyl (C=O) groups is 1. The molecule has 0 saturated carbocycles. The molecule has 0 aliphatic carbocycles. The molecule has 3 heteroatoms. The molecule has 17 heavy (non-hydrogen) atoms. The summed E-state index contributed by atoms with van der Waals surface area (Å²) < 4.78 is 0. The highest BCUT2D eigenvalue weighted by molar-refractivity contribution is 5.81. The minimum Gasteiger partial charge on any atom is -0.352 e. The summed E-state index contributed by atoms with van der Waals surface area (Å²) in [5.41, 5.74) is 0.221. The fourth-order valence-corrected chi connectivity index (χ4v) is 1.95. The molecule has 102 valence electrons. The third-order valence-electron chi connectivity index (χ3n) is 2.87. The van der Waals surface area contributed by atoms with E-state index in [9.17, 15) is 4.79 Å². The quantitative estimate of drug-likeness (QED) is 0.776. The SMILES string of the molecule is CCC[C@H](C)NC(=O)[C@@H](C)N(C)CC(C)(C)C. The monoisotopic (exact) mass is 242 g/mol. The number of hydrogen-bond donors (Lipinski definition) is 1. The van der Waals surface area contributed by atoms with E-state index in [2.05, 4.69) is 44.8 Å². The van der Waals surface area contributed by atoms with Gasteiger partial charge in [0.25, 0.3) is 0 Å². The van der Waals surface area contributed by atoms with Gasteiger partial charge in [-0.1, -0.05) is 34.1 Å². The molecule has 3 nitrogen and oxygen atoms in total. The first-order valence-electron chi connectivity index (χ1n) is 6.68. The van der Waals surface area contributed by atoms with Crippen LogP contribution in [0.2, 0.25) is 0 Å². The Morgan fingerprint density at radius 1 is 1.29 bits per heavy atom. The van der Waals surface area contributed by atoms with Crippen LogP contribution in [0.4, 0.5) is 0 Å².